The highest BCUT2D eigenvalue weighted by Crippen LogP contribution is 2.28. The Balaban J connectivity index is 0.00000408. The first-order valence-electron chi connectivity index (χ1n) is 11.1. The maximum Gasteiger partial charge on any atom is 0.339 e. The summed E-state index contributed by atoms with van der Waals surface area (Å²) in [5.41, 5.74) is 3.70. The molecule has 0 aliphatic carbocycles. The zero-order valence-electron chi connectivity index (χ0n) is 19.3. The van der Waals surface area contributed by atoms with E-state index < -0.39 is 12.1 Å². The lowest BCUT2D eigenvalue weighted by molar-refractivity contribution is 0.0692. The molecule has 0 aliphatic heterocycles. The predicted molar refractivity (Wildman–Crippen MR) is 134 cm³/mol. The molecule has 2 atom stereocenters. The molecule has 0 bridgehead atoms. The molecule has 182 valence electrons. The largest absolute Gasteiger partial charge is 0.493 e. The van der Waals surface area contributed by atoms with Crippen molar-refractivity contribution in [1.29, 1.82) is 0 Å². The average molecular weight is 488 g/mol. The van der Waals surface area contributed by atoms with Crippen molar-refractivity contribution < 1.29 is 24.1 Å². The van der Waals surface area contributed by atoms with E-state index in [1.54, 1.807) is 30.3 Å². The molecule has 0 unspecified atom stereocenters. The van der Waals surface area contributed by atoms with Crippen molar-refractivity contribution >= 4 is 18.4 Å². The second-order valence-electron chi connectivity index (χ2n) is 8.15. The number of aliphatic hydroxyl groups is 1. The van der Waals surface area contributed by atoms with Crippen LogP contribution in [0, 0.1) is 5.82 Å². The number of carbonyl (C=O) groups is 1. The predicted octanol–water partition coefficient (Wildman–Crippen LogP) is 5.66. The third kappa shape index (κ3) is 7.55. The van der Waals surface area contributed by atoms with Gasteiger partial charge in [-0.25, -0.2) is 9.18 Å². The molecule has 0 spiro atoms. The fourth-order valence-corrected chi connectivity index (χ4v) is 3.61. The number of hydrogen-bond acceptors (Lipinski definition) is 4. The van der Waals surface area contributed by atoms with Crippen LogP contribution in [0.3, 0.4) is 0 Å². The molecule has 5 nitrogen and oxygen atoms in total. The summed E-state index contributed by atoms with van der Waals surface area (Å²) in [4.78, 5) is 11.5. The van der Waals surface area contributed by atoms with Gasteiger partial charge in [0.1, 0.15) is 17.1 Å². The number of benzene rings is 3. The first kappa shape index (κ1) is 27.3. The van der Waals surface area contributed by atoms with Crippen molar-refractivity contribution in [3.63, 3.8) is 0 Å². The highest BCUT2D eigenvalue weighted by atomic mass is 35.5. The van der Waals surface area contributed by atoms with Gasteiger partial charge >= 0.3 is 5.97 Å². The molecule has 0 fully saturated rings. The lowest BCUT2D eigenvalue weighted by Crippen LogP contribution is -2.32. The molecule has 0 saturated heterocycles. The van der Waals surface area contributed by atoms with Crippen LogP contribution in [0.25, 0.3) is 11.1 Å². The molecular weight excluding hydrogens is 457 g/mol. The van der Waals surface area contributed by atoms with E-state index in [0.717, 1.165) is 29.5 Å². The van der Waals surface area contributed by atoms with E-state index in [2.05, 4.69) is 5.32 Å². The number of halogens is 2. The van der Waals surface area contributed by atoms with E-state index >= 15 is 0 Å². The van der Waals surface area contributed by atoms with Gasteiger partial charge in [0, 0.05) is 12.6 Å². The first-order valence-corrected chi connectivity index (χ1v) is 11.1. The molecule has 3 aromatic carbocycles. The number of hydrogen-bond donors (Lipinski definition) is 3. The Kier molecular flexibility index (Phi) is 10.5. The Morgan fingerprint density at radius 1 is 1.06 bits per heavy atom. The summed E-state index contributed by atoms with van der Waals surface area (Å²) in [6.45, 7) is 4.80. The van der Waals surface area contributed by atoms with Crippen LogP contribution in [-0.2, 0) is 6.42 Å². The van der Waals surface area contributed by atoms with Crippen molar-refractivity contribution in [3.05, 3.63) is 89.2 Å². The maximum atomic E-state index is 13.3. The Hall–Kier alpha value is -2.93. The Bertz CT molecular complexity index is 1070. The van der Waals surface area contributed by atoms with Crippen molar-refractivity contribution in [1.82, 2.24) is 5.32 Å². The fraction of sp³-hybridized carbons (Fsp3) is 0.296. The molecule has 0 aliphatic rings. The van der Waals surface area contributed by atoms with Gasteiger partial charge < -0.3 is 20.3 Å². The van der Waals surface area contributed by atoms with Crippen molar-refractivity contribution in [3.8, 4) is 16.9 Å². The molecule has 0 saturated carbocycles. The first-order chi connectivity index (χ1) is 15.9. The van der Waals surface area contributed by atoms with Gasteiger partial charge in [0.15, 0.2) is 0 Å². The van der Waals surface area contributed by atoms with Crippen molar-refractivity contribution in [2.75, 3.05) is 13.2 Å². The summed E-state index contributed by atoms with van der Waals surface area (Å²) in [5, 5.41) is 23.0. The standard InChI is InChI=1S/C27H30FNO4.ClH/c1-3-13-33-26-16-21(11-12-24(26)27(31)32)20-9-7-19(8-10-20)14-18(2)29-17-25(30)22-5-4-6-23(28)15-22;/h4-12,15-16,18,25,29-30H,3,13-14,17H2,1-2H3,(H,31,32);1H/t18-,25+;/m1./s1. The molecular formula is C27H31ClFNO4. The van der Waals surface area contributed by atoms with Crippen LogP contribution in [0.15, 0.2) is 66.7 Å². The van der Waals surface area contributed by atoms with E-state index in [1.807, 2.05) is 38.1 Å². The van der Waals surface area contributed by atoms with Gasteiger partial charge in [-0.2, -0.15) is 0 Å². The van der Waals surface area contributed by atoms with Crippen LogP contribution in [0.4, 0.5) is 4.39 Å². The normalized spacial score (nSPS) is 12.5. The average Bonchev–Trinajstić information content (AvgIpc) is 2.81. The highest BCUT2D eigenvalue weighted by molar-refractivity contribution is 5.92. The Labute approximate surface area is 206 Å². The van der Waals surface area contributed by atoms with Crippen molar-refractivity contribution in [2.24, 2.45) is 0 Å². The van der Waals surface area contributed by atoms with Crippen molar-refractivity contribution in [2.45, 2.75) is 38.8 Å². The summed E-state index contributed by atoms with van der Waals surface area (Å²) in [6.07, 6.45) is 0.783. The quantitative estimate of drug-likeness (QED) is 0.325. The number of aliphatic hydroxyl groups excluding tert-OH is 1. The smallest absolute Gasteiger partial charge is 0.339 e. The molecule has 3 N–H and O–H groups in total. The van der Waals surface area contributed by atoms with Gasteiger partial charge in [0.25, 0.3) is 0 Å². The molecule has 0 heterocycles. The zero-order chi connectivity index (χ0) is 23.8. The molecule has 0 amide bonds. The molecule has 0 radical (unpaired) electrons. The summed E-state index contributed by atoms with van der Waals surface area (Å²) < 4.78 is 19.0. The number of aromatic carboxylic acids is 1. The topological polar surface area (TPSA) is 78.8 Å². The number of nitrogens with one attached hydrogen (secondary N) is 1. The second kappa shape index (κ2) is 13.1. The number of ether oxygens (including phenoxy) is 1. The highest BCUT2D eigenvalue weighted by Gasteiger charge is 2.14. The van der Waals surface area contributed by atoms with Crippen LogP contribution in [0.1, 0.15) is 47.9 Å². The van der Waals surface area contributed by atoms with E-state index in [0.29, 0.717) is 24.5 Å². The van der Waals surface area contributed by atoms with Gasteiger partial charge in [-0.05, 0) is 66.3 Å². The number of rotatable bonds is 11. The lowest BCUT2D eigenvalue weighted by Gasteiger charge is -2.18. The third-order valence-electron chi connectivity index (χ3n) is 5.40. The summed E-state index contributed by atoms with van der Waals surface area (Å²) in [6, 6.07) is 19.3. The van der Waals surface area contributed by atoms with E-state index in [-0.39, 0.29) is 29.8 Å². The molecule has 7 heteroatoms. The SMILES string of the molecule is CCCOc1cc(-c2ccc(C[C@@H](C)NC[C@H](O)c3cccc(F)c3)cc2)ccc1C(=O)O.Cl. The fourth-order valence-electron chi connectivity index (χ4n) is 3.61. The van der Waals surface area contributed by atoms with Gasteiger partial charge in [-0.15, -0.1) is 12.4 Å². The minimum Gasteiger partial charge on any atom is -0.493 e. The summed E-state index contributed by atoms with van der Waals surface area (Å²) in [7, 11) is 0. The minimum atomic E-state index is -1.01. The van der Waals surface area contributed by atoms with Crippen LogP contribution >= 0.6 is 12.4 Å². The summed E-state index contributed by atoms with van der Waals surface area (Å²) in [5.74, 6) is -0.992. The Morgan fingerprint density at radius 3 is 2.41 bits per heavy atom. The Morgan fingerprint density at radius 2 is 1.76 bits per heavy atom. The van der Waals surface area contributed by atoms with E-state index in [4.69, 9.17) is 4.74 Å². The third-order valence-corrected chi connectivity index (χ3v) is 5.40. The van der Waals surface area contributed by atoms with Crippen LogP contribution < -0.4 is 10.1 Å². The van der Waals surface area contributed by atoms with E-state index in [1.165, 1.54) is 12.1 Å². The van der Waals surface area contributed by atoms with Gasteiger partial charge in [-0.1, -0.05) is 49.4 Å². The molecule has 3 aromatic rings. The molecule has 3 rings (SSSR count). The van der Waals surface area contributed by atoms with Gasteiger partial charge in [0.05, 0.1) is 12.7 Å². The van der Waals surface area contributed by atoms with Crippen LogP contribution in [-0.4, -0.2) is 35.4 Å². The number of carboxylic acid groups (broad SMARTS) is 1. The van der Waals surface area contributed by atoms with Crippen LogP contribution in [0.2, 0.25) is 0 Å². The van der Waals surface area contributed by atoms with Gasteiger partial charge in [0.2, 0.25) is 0 Å². The lowest BCUT2D eigenvalue weighted by atomic mass is 9.99. The zero-order valence-corrected chi connectivity index (χ0v) is 20.1. The molecule has 34 heavy (non-hydrogen) atoms. The van der Waals surface area contributed by atoms with Crippen LogP contribution in [0.5, 0.6) is 5.75 Å². The second-order valence-corrected chi connectivity index (χ2v) is 8.15. The monoisotopic (exact) mass is 487 g/mol. The van der Waals surface area contributed by atoms with E-state index in [9.17, 15) is 19.4 Å². The van der Waals surface area contributed by atoms with Gasteiger partial charge in [-0.3, -0.25) is 0 Å². The minimum absolute atomic E-state index is 0. The maximum absolute atomic E-state index is 13.3. The summed E-state index contributed by atoms with van der Waals surface area (Å²) >= 11 is 0. The number of carboxylic acids is 1. The molecule has 0 aromatic heterocycles.